The van der Waals surface area contributed by atoms with Gasteiger partial charge in [-0.25, -0.2) is 10.4 Å². The average Bonchev–Trinajstić information content (AvgIpc) is 2.60. The Morgan fingerprint density at radius 3 is 1.11 bits per heavy atom. The molecular formula is C6H8Br2N8O12. The minimum absolute atomic E-state index is 0.582. The highest BCUT2D eigenvalue weighted by Crippen LogP contribution is 2.20. The van der Waals surface area contributed by atoms with Crippen molar-refractivity contribution in [1.82, 2.24) is 0 Å². The summed E-state index contributed by atoms with van der Waals surface area (Å²) in [4.78, 5) is 45.1. The van der Waals surface area contributed by atoms with Crippen LogP contribution in [0.5, 0.6) is 0 Å². The molecule has 0 aliphatic heterocycles. The van der Waals surface area contributed by atoms with Crippen molar-refractivity contribution in [3.8, 4) is 0 Å². The standard InChI is InChI=1S/C6H8Br2N8O12/c7-5(11(17)18,12(19)20)3-27-15(25)9-1-2-10-16(26)28-4-6(8,13(21)22)14(23)24/h1-4H2. The quantitative estimate of drug-likeness (QED) is 0.0563. The van der Waals surface area contributed by atoms with E-state index in [1.54, 1.807) is 0 Å². The molecule has 0 fully saturated rings. The maximum atomic E-state index is 11.1. The van der Waals surface area contributed by atoms with Gasteiger partial charge in [-0.3, -0.25) is 40.5 Å². The van der Waals surface area contributed by atoms with Gasteiger partial charge in [-0.2, -0.15) is 0 Å². The monoisotopic (exact) mass is 542 g/mol. The zero-order chi connectivity index (χ0) is 22.1. The number of alkyl halides is 2. The van der Waals surface area contributed by atoms with Crippen LogP contribution in [0.1, 0.15) is 0 Å². The summed E-state index contributed by atoms with van der Waals surface area (Å²) >= 11 is 4.37. The molecule has 0 aliphatic rings. The molecule has 0 atom stereocenters. The Kier molecular flexibility index (Phi) is 9.21. The smallest absolute Gasteiger partial charge is 0.364 e. The van der Waals surface area contributed by atoms with Gasteiger partial charge in [0.15, 0.2) is 10.0 Å². The van der Waals surface area contributed by atoms with Crippen molar-refractivity contribution >= 4 is 31.9 Å². The minimum atomic E-state index is -2.98. The third-order valence-electron chi connectivity index (χ3n) is 2.37. The highest BCUT2D eigenvalue weighted by Gasteiger charge is 2.54. The summed E-state index contributed by atoms with van der Waals surface area (Å²) in [5, 5.41) is 69.3. The van der Waals surface area contributed by atoms with E-state index >= 15 is 0 Å². The first-order valence-electron chi connectivity index (χ1n) is 6.28. The Hall–Kier alpha value is -3.04. The molecule has 0 saturated heterocycles. The molecule has 158 valence electrons. The van der Waals surface area contributed by atoms with Crippen LogP contribution in [-0.2, 0) is 9.68 Å². The molecule has 22 heteroatoms. The molecule has 0 aromatic heterocycles. The summed E-state index contributed by atoms with van der Waals surface area (Å²) in [6.45, 7) is -3.82. The van der Waals surface area contributed by atoms with E-state index < -0.39 is 65.2 Å². The molecule has 0 heterocycles. The number of nitrogens with zero attached hydrogens (tertiary/aromatic N) is 8. The summed E-state index contributed by atoms with van der Waals surface area (Å²) in [6, 6.07) is 0. The van der Waals surface area contributed by atoms with Gasteiger partial charge in [0.05, 0.1) is 31.9 Å². The maximum Gasteiger partial charge on any atom is 0.525 e. The van der Waals surface area contributed by atoms with Crippen LogP contribution < -0.4 is 0 Å². The lowest BCUT2D eigenvalue weighted by molar-refractivity contribution is -0.831. The Labute approximate surface area is 168 Å². The maximum absolute atomic E-state index is 11.1. The first-order valence-corrected chi connectivity index (χ1v) is 7.87. The Morgan fingerprint density at radius 1 is 0.643 bits per heavy atom. The Balaban J connectivity index is 4.58. The molecule has 0 saturated carbocycles. The molecule has 20 nitrogen and oxygen atoms in total. The second-order valence-electron chi connectivity index (χ2n) is 4.22. The number of nitro groups is 4. The highest BCUT2D eigenvalue weighted by molar-refractivity contribution is 9.10. The van der Waals surface area contributed by atoms with Gasteiger partial charge in [0.1, 0.15) is 32.8 Å². The van der Waals surface area contributed by atoms with E-state index in [2.05, 4.69) is 51.8 Å². The Morgan fingerprint density at radius 2 is 0.893 bits per heavy atom. The SMILES string of the molecule is O=[N+]([O-])C(Br)(CO[N+]([O-])=NCCN=[N+]([O-])OCC(Br)([N+](=O)[O-])[N+](=O)[O-])[N+](=O)[O-]. The fraction of sp³-hybridized carbons (Fsp3) is 1.00. The van der Waals surface area contributed by atoms with Crippen LogP contribution in [0.15, 0.2) is 10.2 Å². The van der Waals surface area contributed by atoms with E-state index in [-0.39, 0.29) is 0 Å². The first-order chi connectivity index (χ1) is 12.8. The third-order valence-corrected chi connectivity index (χ3v) is 3.98. The van der Waals surface area contributed by atoms with Crippen LogP contribution in [-0.4, -0.2) is 65.2 Å². The van der Waals surface area contributed by atoms with Crippen molar-refractivity contribution in [2.45, 2.75) is 9.14 Å². The molecule has 0 aromatic carbocycles. The number of hydrogen-bond donors (Lipinski definition) is 0. The van der Waals surface area contributed by atoms with Gasteiger partial charge >= 0.3 is 9.14 Å². The topological polar surface area (TPSA) is 268 Å². The first kappa shape index (κ1) is 25.0. The van der Waals surface area contributed by atoms with E-state index in [1.165, 1.54) is 0 Å². The molecule has 0 rings (SSSR count). The predicted octanol–water partition coefficient (Wildman–Crippen LogP) is -0.0212. The van der Waals surface area contributed by atoms with E-state index in [0.29, 0.717) is 0 Å². The lowest BCUT2D eigenvalue weighted by atomic mass is 10.6. The van der Waals surface area contributed by atoms with Crippen molar-refractivity contribution in [2.75, 3.05) is 26.3 Å². The van der Waals surface area contributed by atoms with Gasteiger partial charge in [0, 0.05) is 10.2 Å². The van der Waals surface area contributed by atoms with E-state index in [4.69, 9.17) is 0 Å². The van der Waals surface area contributed by atoms with Crippen LogP contribution in [0.25, 0.3) is 0 Å². The second kappa shape index (κ2) is 10.3. The molecule has 0 radical (unpaired) electrons. The van der Waals surface area contributed by atoms with Gasteiger partial charge in [-0.15, -0.1) is 0 Å². The van der Waals surface area contributed by atoms with Crippen molar-refractivity contribution in [3.05, 3.63) is 50.9 Å². The molecule has 0 spiro atoms. The van der Waals surface area contributed by atoms with Gasteiger partial charge in [-0.1, -0.05) is 0 Å². The molecule has 0 N–H and O–H groups in total. The molecule has 0 aromatic rings. The number of hydrogen-bond acceptors (Lipinski definition) is 14. The van der Waals surface area contributed by atoms with Gasteiger partial charge in [0.25, 0.3) is 0 Å². The van der Waals surface area contributed by atoms with Crippen LogP contribution in [0.3, 0.4) is 0 Å². The molecule has 0 bridgehead atoms. The third kappa shape index (κ3) is 6.93. The average molecular weight is 544 g/mol. The van der Waals surface area contributed by atoms with Crippen molar-refractivity contribution in [1.29, 1.82) is 0 Å². The zero-order valence-electron chi connectivity index (χ0n) is 13.1. The molecule has 28 heavy (non-hydrogen) atoms. The van der Waals surface area contributed by atoms with E-state index in [1.807, 2.05) is 0 Å². The van der Waals surface area contributed by atoms with Crippen molar-refractivity contribution in [2.24, 2.45) is 10.2 Å². The number of halogens is 2. The van der Waals surface area contributed by atoms with Crippen LogP contribution in [0.4, 0.5) is 0 Å². The molecule has 0 amide bonds. The van der Waals surface area contributed by atoms with Gasteiger partial charge in [0.2, 0.25) is 13.2 Å². The summed E-state index contributed by atoms with van der Waals surface area (Å²) in [7, 11) is 0. The van der Waals surface area contributed by atoms with Crippen LogP contribution >= 0.6 is 31.9 Å². The van der Waals surface area contributed by atoms with Gasteiger partial charge in [-0.05, 0) is 0 Å². The largest absolute Gasteiger partial charge is 0.525 e. The fourth-order valence-corrected chi connectivity index (χ4v) is 1.16. The van der Waals surface area contributed by atoms with E-state index in [9.17, 15) is 50.9 Å². The van der Waals surface area contributed by atoms with Crippen molar-refractivity contribution in [3.63, 3.8) is 0 Å². The molecular weight excluding hydrogens is 536 g/mol. The van der Waals surface area contributed by atoms with Crippen molar-refractivity contribution < 1.29 is 39.4 Å². The van der Waals surface area contributed by atoms with Crippen LogP contribution in [0.2, 0.25) is 0 Å². The van der Waals surface area contributed by atoms with Gasteiger partial charge < -0.3 is 9.68 Å². The van der Waals surface area contributed by atoms with Crippen LogP contribution in [0, 0.1) is 50.9 Å². The summed E-state index contributed by atoms with van der Waals surface area (Å²) in [5.74, 6) is 0. The molecule has 0 unspecified atom stereocenters. The summed E-state index contributed by atoms with van der Waals surface area (Å²) in [5.41, 5.74) is 0. The highest BCUT2D eigenvalue weighted by atomic mass is 79.9. The summed E-state index contributed by atoms with van der Waals surface area (Å²) < 4.78 is -5.96. The lowest BCUT2D eigenvalue weighted by Gasteiger charge is -2.10. The minimum Gasteiger partial charge on any atom is -0.364 e. The lowest BCUT2D eigenvalue weighted by Crippen LogP contribution is -2.45. The fourth-order valence-electron chi connectivity index (χ4n) is 0.953. The normalized spacial score (nSPS) is 12.9. The van der Waals surface area contributed by atoms with E-state index in [0.717, 1.165) is 0 Å². The Bertz CT molecular complexity index is 612. The molecule has 0 aliphatic carbocycles. The predicted molar refractivity (Wildman–Crippen MR) is 85.0 cm³/mol. The number of rotatable bonds is 13. The zero-order valence-corrected chi connectivity index (χ0v) is 16.2. The second-order valence-corrected chi connectivity index (χ2v) is 6.76. The summed E-state index contributed by atoms with van der Waals surface area (Å²) in [6.07, 6.45) is 0.